The molecule has 0 aliphatic rings. The molecule has 1 aromatic heterocycles. The van der Waals surface area contributed by atoms with Crippen molar-refractivity contribution in [2.75, 3.05) is 10.6 Å². The molecule has 0 saturated carbocycles. The van der Waals surface area contributed by atoms with Gasteiger partial charge in [0, 0.05) is 11.1 Å². The minimum absolute atomic E-state index is 0.200. The Kier molecular flexibility index (Phi) is 3.76. The number of carboxylic acid groups (broad SMARTS) is 1. The first-order valence-corrected chi connectivity index (χ1v) is 6.13. The molecule has 2 amide bonds. The number of carbonyl (C=O) groups is 2. The van der Waals surface area contributed by atoms with Gasteiger partial charge < -0.3 is 15.7 Å². The molecule has 0 aliphatic heterocycles. The van der Waals surface area contributed by atoms with Gasteiger partial charge >= 0.3 is 12.0 Å². The maximum Gasteiger partial charge on any atom is 0.338 e. The summed E-state index contributed by atoms with van der Waals surface area (Å²) < 4.78 is 13.2. The molecule has 0 spiro atoms. The highest BCUT2D eigenvalue weighted by Crippen LogP contribution is 2.16. The van der Waals surface area contributed by atoms with E-state index >= 15 is 0 Å². The fourth-order valence-electron chi connectivity index (χ4n) is 1.40. The summed E-state index contributed by atoms with van der Waals surface area (Å²) in [6, 6.07) is 4.53. The SMILES string of the molecule is O=C(Nc1ccsc1)Nc1ccc(F)c(C(=O)O)c1. The number of carboxylic acids is 1. The molecule has 2 aromatic rings. The molecule has 1 aromatic carbocycles. The monoisotopic (exact) mass is 280 g/mol. The first kappa shape index (κ1) is 13.0. The zero-order valence-electron chi connectivity index (χ0n) is 9.51. The van der Waals surface area contributed by atoms with Gasteiger partial charge in [0.15, 0.2) is 0 Å². The van der Waals surface area contributed by atoms with Gasteiger partial charge in [-0.1, -0.05) is 0 Å². The molecule has 1 heterocycles. The molecular formula is C12H9FN2O3S. The summed E-state index contributed by atoms with van der Waals surface area (Å²) in [4.78, 5) is 22.3. The molecule has 98 valence electrons. The average molecular weight is 280 g/mol. The maximum atomic E-state index is 13.2. The van der Waals surface area contributed by atoms with Crippen LogP contribution >= 0.6 is 11.3 Å². The van der Waals surface area contributed by atoms with Crippen LogP contribution in [0.15, 0.2) is 35.0 Å². The van der Waals surface area contributed by atoms with Crippen molar-refractivity contribution in [1.29, 1.82) is 0 Å². The van der Waals surface area contributed by atoms with Crippen LogP contribution in [0.3, 0.4) is 0 Å². The lowest BCUT2D eigenvalue weighted by Crippen LogP contribution is -2.19. The number of halogens is 1. The molecule has 0 bridgehead atoms. The van der Waals surface area contributed by atoms with Crippen LogP contribution in [0.2, 0.25) is 0 Å². The van der Waals surface area contributed by atoms with Gasteiger partial charge in [-0.15, -0.1) is 0 Å². The fraction of sp³-hybridized carbons (Fsp3) is 0. The predicted octanol–water partition coefficient (Wildman–Crippen LogP) is 3.23. The largest absolute Gasteiger partial charge is 0.478 e. The summed E-state index contributed by atoms with van der Waals surface area (Å²) in [5.74, 6) is -2.24. The van der Waals surface area contributed by atoms with E-state index in [2.05, 4.69) is 10.6 Å². The van der Waals surface area contributed by atoms with Crippen LogP contribution in [0.4, 0.5) is 20.6 Å². The third-order valence-corrected chi connectivity index (χ3v) is 2.92. The molecule has 3 N–H and O–H groups in total. The van der Waals surface area contributed by atoms with Gasteiger partial charge in [0.1, 0.15) is 5.82 Å². The predicted molar refractivity (Wildman–Crippen MR) is 70.3 cm³/mol. The van der Waals surface area contributed by atoms with E-state index in [-0.39, 0.29) is 5.69 Å². The number of urea groups is 1. The Morgan fingerprint density at radius 3 is 2.53 bits per heavy atom. The second kappa shape index (κ2) is 5.49. The molecule has 0 atom stereocenters. The molecule has 0 saturated heterocycles. The van der Waals surface area contributed by atoms with E-state index < -0.39 is 23.4 Å². The molecule has 2 rings (SSSR count). The van der Waals surface area contributed by atoms with E-state index in [0.29, 0.717) is 5.69 Å². The minimum Gasteiger partial charge on any atom is -0.478 e. The van der Waals surface area contributed by atoms with Gasteiger partial charge in [-0.25, -0.2) is 14.0 Å². The van der Waals surface area contributed by atoms with Crippen molar-refractivity contribution in [2.24, 2.45) is 0 Å². The van der Waals surface area contributed by atoms with E-state index in [1.165, 1.54) is 17.4 Å². The van der Waals surface area contributed by atoms with Crippen LogP contribution in [-0.4, -0.2) is 17.1 Å². The van der Waals surface area contributed by atoms with Gasteiger partial charge in [-0.3, -0.25) is 0 Å². The second-order valence-electron chi connectivity index (χ2n) is 3.59. The van der Waals surface area contributed by atoms with Crippen molar-refractivity contribution in [1.82, 2.24) is 0 Å². The zero-order chi connectivity index (χ0) is 13.8. The number of thiophene rings is 1. The number of hydrogen-bond donors (Lipinski definition) is 3. The highest BCUT2D eigenvalue weighted by molar-refractivity contribution is 7.08. The number of nitrogens with one attached hydrogen (secondary N) is 2. The number of anilines is 2. The smallest absolute Gasteiger partial charge is 0.338 e. The lowest BCUT2D eigenvalue weighted by atomic mass is 10.2. The molecule has 0 radical (unpaired) electrons. The summed E-state index contributed by atoms with van der Waals surface area (Å²) in [7, 11) is 0. The average Bonchev–Trinajstić information content (AvgIpc) is 2.84. The molecule has 0 unspecified atom stereocenters. The Hall–Kier alpha value is -2.41. The number of aromatic carboxylic acids is 1. The quantitative estimate of drug-likeness (QED) is 0.807. The lowest BCUT2D eigenvalue weighted by molar-refractivity contribution is 0.0692. The first-order valence-electron chi connectivity index (χ1n) is 5.19. The lowest BCUT2D eigenvalue weighted by Gasteiger charge is -2.07. The standard InChI is InChI=1S/C12H9FN2O3S/c13-10-2-1-7(5-9(10)11(16)17)14-12(18)15-8-3-4-19-6-8/h1-6H,(H,16,17)(H2,14,15,18). The second-order valence-corrected chi connectivity index (χ2v) is 4.37. The molecule has 5 nitrogen and oxygen atoms in total. The molecule has 0 fully saturated rings. The topological polar surface area (TPSA) is 78.4 Å². The van der Waals surface area contributed by atoms with E-state index in [1.807, 2.05) is 0 Å². The van der Waals surface area contributed by atoms with Gasteiger partial charge in [-0.05, 0) is 29.6 Å². The third-order valence-electron chi connectivity index (χ3n) is 2.23. The number of carbonyl (C=O) groups excluding carboxylic acids is 1. The van der Waals surface area contributed by atoms with Crippen LogP contribution < -0.4 is 10.6 Å². The van der Waals surface area contributed by atoms with E-state index in [1.54, 1.807) is 16.8 Å². The van der Waals surface area contributed by atoms with Crippen molar-refractivity contribution in [3.8, 4) is 0 Å². The van der Waals surface area contributed by atoms with Crippen LogP contribution in [0, 0.1) is 5.82 Å². The summed E-state index contributed by atoms with van der Waals surface area (Å²) in [5.41, 5.74) is 0.336. The summed E-state index contributed by atoms with van der Waals surface area (Å²) in [5, 5.41) is 17.3. The van der Waals surface area contributed by atoms with Gasteiger partial charge in [-0.2, -0.15) is 11.3 Å². The van der Waals surface area contributed by atoms with Crippen LogP contribution in [0.5, 0.6) is 0 Å². The van der Waals surface area contributed by atoms with Crippen LogP contribution in [0.1, 0.15) is 10.4 Å². The Balaban J connectivity index is 2.09. The van der Waals surface area contributed by atoms with Crippen molar-refractivity contribution < 1.29 is 19.1 Å². The number of rotatable bonds is 3. The zero-order valence-corrected chi connectivity index (χ0v) is 10.3. The first-order chi connectivity index (χ1) is 9.06. The minimum atomic E-state index is -1.39. The van der Waals surface area contributed by atoms with Crippen molar-refractivity contribution >= 4 is 34.7 Å². The van der Waals surface area contributed by atoms with Crippen molar-refractivity contribution in [3.63, 3.8) is 0 Å². The molecule has 19 heavy (non-hydrogen) atoms. The van der Waals surface area contributed by atoms with Crippen molar-refractivity contribution in [2.45, 2.75) is 0 Å². The highest BCUT2D eigenvalue weighted by atomic mass is 32.1. The van der Waals surface area contributed by atoms with Crippen LogP contribution in [-0.2, 0) is 0 Å². The number of amides is 2. The Bertz CT molecular complexity index is 613. The highest BCUT2D eigenvalue weighted by Gasteiger charge is 2.12. The number of benzene rings is 1. The summed E-state index contributed by atoms with van der Waals surface area (Å²) in [6.07, 6.45) is 0. The van der Waals surface area contributed by atoms with Gasteiger partial charge in [0.25, 0.3) is 0 Å². The normalized spacial score (nSPS) is 9.95. The third kappa shape index (κ3) is 3.29. The van der Waals surface area contributed by atoms with E-state index in [0.717, 1.165) is 12.1 Å². The van der Waals surface area contributed by atoms with Gasteiger partial charge in [0.2, 0.25) is 0 Å². The van der Waals surface area contributed by atoms with Gasteiger partial charge in [0.05, 0.1) is 11.3 Å². The Morgan fingerprint density at radius 1 is 1.16 bits per heavy atom. The molecular weight excluding hydrogens is 271 g/mol. The van der Waals surface area contributed by atoms with Crippen molar-refractivity contribution in [3.05, 3.63) is 46.4 Å². The fourth-order valence-corrected chi connectivity index (χ4v) is 1.98. The van der Waals surface area contributed by atoms with Crippen LogP contribution in [0.25, 0.3) is 0 Å². The Morgan fingerprint density at radius 2 is 1.89 bits per heavy atom. The Labute approximate surface area is 111 Å². The maximum absolute atomic E-state index is 13.2. The molecule has 0 aliphatic carbocycles. The molecule has 7 heteroatoms. The van der Waals surface area contributed by atoms with E-state index in [9.17, 15) is 14.0 Å². The number of hydrogen-bond acceptors (Lipinski definition) is 3. The summed E-state index contributed by atoms with van der Waals surface area (Å²) in [6.45, 7) is 0. The van der Waals surface area contributed by atoms with E-state index in [4.69, 9.17) is 5.11 Å². The summed E-state index contributed by atoms with van der Waals surface area (Å²) >= 11 is 1.43.